The van der Waals surface area contributed by atoms with Crippen LogP contribution >= 0.6 is 11.3 Å². The maximum atomic E-state index is 12.8. The molecule has 1 aliphatic heterocycles. The Morgan fingerprint density at radius 2 is 2.00 bits per heavy atom. The van der Waals surface area contributed by atoms with Crippen molar-refractivity contribution in [1.82, 2.24) is 14.5 Å². The Morgan fingerprint density at radius 1 is 1.25 bits per heavy atom. The topological polar surface area (TPSA) is 41.4 Å². The number of hydrogen-bond donors (Lipinski definition) is 0. The van der Waals surface area contributed by atoms with Gasteiger partial charge in [-0.05, 0) is 32.8 Å². The molecule has 1 saturated heterocycles. The van der Waals surface area contributed by atoms with Crippen LogP contribution in [0.25, 0.3) is 0 Å². The predicted octanol–water partition coefficient (Wildman–Crippen LogP) is 2.90. The molecule has 1 saturated carbocycles. The van der Waals surface area contributed by atoms with Gasteiger partial charge >= 0.3 is 0 Å². The molecule has 4 rings (SSSR count). The predicted molar refractivity (Wildman–Crippen MR) is 97.3 cm³/mol. The van der Waals surface area contributed by atoms with Crippen LogP contribution in [-0.2, 0) is 0 Å². The number of aryl methyl sites for hydroxylation is 1. The molecule has 0 unspecified atom stereocenters. The van der Waals surface area contributed by atoms with Crippen LogP contribution in [0.4, 0.5) is 5.13 Å². The SMILES string of the molecule is Cc1cc(C(=O)CN2CCN(c3nccs3)CC2)c(C)n1C1CC1. The molecule has 24 heavy (non-hydrogen) atoms. The summed E-state index contributed by atoms with van der Waals surface area (Å²) in [6, 6.07) is 2.72. The number of rotatable bonds is 5. The number of aromatic nitrogens is 2. The van der Waals surface area contributed by atoms with Crippen LogP contribution in [0.5, 0.6) is 0 Å². The Bertz CT molecular complexity index is 725. The highest BCUT2D eigenvalue weighted by Crippen LogP contribution is 2.38. The summed E-state index contributed by atoms with van der Waals surface area (Å²) < 4.78 is 2.35. The number of nitrogens with zero attached hydrogens (tertiary/aromatic N) is 4. The third-order valence-electron chi connectivity index (χ3n) is 5.13. The van der Waals surface area contributed by atoms with Crippen molar-refractivity contribution >= 4 is 22.3 Å². The van der Waals surface area contributed by atoms with E-state index in [1.807, 2.05) is 11.6 Å². The first-order valence-electron chi connectivity index (χ1n) is 8.72. The Kier molecular flexibility index (Phi) is 4.18. The Morgan fingerprint density at radius 3 is 2.62 bits per heavy atom. The van der Waals surface area contributed by atoms with Crippen molar-refractivity contribution in [3.05, 3.63) is 34.6 Å². The smallest absolute Gasteiger partial charge is 0.185 e. The molecule has 1 aliphatic carbocycles. The third kappa shape index (κ3) is 3.00. The summed E-state index contributed by atoms with van der Waals surface area (Å²) in [6.07, 6.45) is 4.36. The highest BCUT2D eigenvalue weighted by molar-refractivity contribution is 7.13. The van der Waals surface area contributed by atoms with Crippen LogP contribution < -0.4 is 4.90 Å². The summed E-state index contributed by atoms with van der Waals surface area (Å²) in [5.74, 6) is 0.262. The van der Waals surface area contributed by atoms with E-state index >= 15 is 0 Å². The van der Waals surface area contributed by atoms with Gasteiger partial charge in [0.15, 0.2) is 10.9 Å². The quantitative estimate of drug-likeness (QED) is 0.782. The van der Waals surface area contributed by atoms with E-state index in [9.17, 15) is 4.79 Å². The summed E-state index contributed by atoms with van der Waals surface area (Å²) in [4.78, 5) is 21.7. The fourth-order valence-corrected chi connectivity index (χ4v) is 4.41. The number of carbonyl (C=O) groups excluding carboxylic acids is 1. The van der Waals surface area contributed by atoms with Gasteiger partial charge in [-0.1, -0.05) is 0 Å². The molecule has 2 aliphatic rings. The van der Waals surface area contributed by atoms with Crippen molar-refractivity contribution in [3.63, 3.8) is 0 Å². The molecule has 128 valence electrons. The summed E-state index contributed by atoms with van der Waals surface area (Å²) in [7, 11) is 0. The van der Waals surface area contributed by atoms with Crippen LogP contribution in [0.2, 0.25) is 0 Å². The van der Waals surface area contributed by atoms with Gasteiger partial charge in [0.2, 0.25) is 0 Å². The number of hydrogen-bond acceptors (Lipinski definition) is 5. The van der Waals surface area contributed by atoms with Gasteiger partial charge in [-0.25, -0.2) is 4.98 Å². The van der Waals surface area contributed by atoms with Gasteiger partial charge in [0.25, 0.3) is 0 Å². The first-order valence-corrected chi connectivity index (χ1v) is 9.60. The first kappa shape index (κ1) is 15.8. The second kappa shape index (κ2) is 6.33. The van der Waals surface area contributed by atoms with Gasteiger partial charge in [-0.3, -0.25) is 9.69 Å². The summed E-state index contributed by atoms with van der Waals surface area (Å²) in [5.41, 5.74) is 3.30. The fraction of sp³-hybridized carbons (Fsp3) is 0.556. The molecule has 2 aromatic rings. The highest BCUT2D eigenvalue weighted by atomic mass is 32.1. The molecule has 0 amide bonds. The van der Waals surface area contributed by atoms with Crippen LogP contribution in [0.15, 0.2) is 17.6 Å². The molecule has 2 fully saturated rings. The minimum Gasteiger partial charge on any atom is -0.346 e. The van der Waals surface area contributed by atoms with Crippen LogP contribution in [0.3, 0.4) is 0 Å². The molecule has 0 bridgehead atoms. The summed E-state index contributed by atoms with van der Waals surface area (Å²) in [5, 5.41) is 3.11. The van der Waals surface area contributed by atoms with E-state index in [0.29, 0.717) is 12.6 Å². The largest absolute Gasteiger partial charge is 0.346 e. The Hall–Kier alpha value is -1.66. The minimum absolute atomic E-state index is 0.262. The lowest BCUT2D eigenvalue weighted by molar-refractivity contribution is 0.0925. The monoisotopic (exact) mass is 344 g/mol. The first-order chi connectivity index (χ1) is 11.6. The second-order valence-electron chi connectivity index (χ2n) is 6.89. The highest BCUT2D eigenvalue weighted by Gasteiger charge is 2.29. The van der Waals surface area contributed by atoms with Crippen LogP contribution in [0.1, 0.15) is 40.6 Å². The molecule has 5 nitrogen and oxygen atoms in total. The van der Waals surface area contributed by atoms with Crippen molar-refractivity contribution in [1.29, 1.82) is 0 Å². The molecule has 0 N–H and O–H groups in total. The van der Waals surface area contributed by atoms with Gasteiger partial charge in [0, 0.05) is 60.7 Å². The zero-order valence-corrected chi connectivity index (χ0v) is 15.2. The van der Waals surface area contributed by atoms with Crippen LogP contribution in [-0.4, -0.2) is 53.0 Å². The lowest BCUT2D eigenvalue weighted by atomic mass is 10.1. The van der Waals surface area contributed by atoms with Crippen molar-refractivity contribution in [3.8, 4) is 0 Å². The molecule has 0 aromatic carbocycles. The molecular formula is C18H24N4OS. The average molecular weight is 344 g/mol. The zero-order valence-electron chi connectivity index (χ0n) is 14.4. The number of carbonyl (C=O) groups is 1. The lowest BCUT2D eigenvalue weighted by Gasteiger charge is -2.34. The number of anilines is 1. The summed E-state index contributed by atoms with van der Waals surface area (Å²) >= 11 is 1.68. The van der Waals surface area contributed by atoms with Crippen LogP contribution in [0, 0.1) is 13.8 Å². The standard InChI is InChI=1S/C18H24N4OS/c1-13-11-16(14(2)22(13)15-3-4-15)17(23)12-20-6-8-21(9-7-20)18-19-5-10-24-18/h5,10-11,15H,3-4,6-9,12H2,1-2H3. The molecular weight excluding hydrogens is 320 g/mol. The van der Waals surface area contributed by atoms with Gasteiger partial charge in [0.1, 0.15) is 0 Å². The fourth-order valence-electron chi connectivity index (χ4n) is 3.71. The number of thiazole rings is 1. The van der Waals surface area contributed by atoms with E-state index in [2.05, 4.69) is 39.3 Å². The van der Waals surface area contributed by atoms with Crippen molar-refractivity contribution in [2.24, 2.45) is 0 Å². The van der Waals surface area contributed by atoms with Crippen molar-refractivity contribution in [2.75, 3.05) is 37.6 Å². The van der Waals surface area contributed by atoms with Gasteiger partial charge in [-0.15, -0.1) is 11.3 Å². The lowest BCUT2D eigenvalue weighted by Crippen LogP contribution is -2.48. The number of piperazine rings is 1. The van der Waals surface area contributed by atoms with E-state index in [-0.39, 0.29) is 5.78 Å². The van der Waals surface area contributed by atoms with Crippen molar-refractivity contribution < 1.29 is 4.79 Å². The minimum atomic E-state index is 0.262. The maximum absolute atomic E-state index is 12.8. The van der Waals surface area contributed by atoms with Crippen molar-refractivity contribution in [2.45, 2.75) is 32.7 Å². The van der Waals surface area contributed by atoms with Gasteiger partial charge < -0.3 is 9.47 Å². The van der Waals surface area contributed by atoms with E-state index < -0.39 is 0 Å². The van der Waals surface area contributed by atoms with Gasteiger partial charge in [0.05, 0.1) is 6.54 Å². The molecule has 0 spiro atoms. The van der Waals surface area contributed by atoms with E-state index in [1.54, 1.807) is 11.3 Å². The molecule has 2 aromatic heterocycles. The Balaban J connectivity index is 1.38. The van der Waals surface area contributed by atoms with E-state index in [1.165, 1.54) is 18.5 Å². The maximum Gasteiger partial charge on any atom is 0.185 e. The summed E-state index contributed by atoms with van der Waals surface area (Å²) in [6.45, 7) is 8.48. The molecule has 0 radical (unpaired) electrons. The number of Topliss-reactive ketones (excluding diaryl/α,β-unsaturated/α-hetero) is 1. The van der Waals surface area contributed by atoms with Gasteiger partial charge in [-0.2, -0.15) is 0 Å². The average Bonchev–Trinajstić information content (AvgIpc) is 3.15. The zero-order chi connectivity index (χ0) is 16.7. The van der Waals surface area contributed by atoms with E-state index in [4.69, 9.17) is 0 Å². The normalized spacial score (nSPS) is 19.0. The molecule has 0 atom stereocenters. The second-order valence-corrected chi connectivity index (χ2v) is 7.76. The molecule has 3 heterocycles. The number of ketones is 1. The third-order valence-corrected chi connectivity index (χ3v) is 5.96. The van der Waals surface area contributed by atoms with E-state index in [0.717, 1.165) is 42.6 Å². The molecule has 6 heteroatoms. The Labute approximate surface area is 146 Å².